The monoisotopic (exact) mass is 270 g/mol. The molecule has 1 aromatic heterocycles. The molecule has 0 saturated carbocycles. The van der Waals surface area contributed by atoms with Gasteiger partial charge < -0.3 is 9.88 Å². The third-order valence-corrected chi connectivity index (χ3v) is 4.20. The van der Waals surface area contributed by atoms with Gasteiger partial charge in [-0.2, -0.15) is 0 Å². The Morgan fingerprint density at radius 1 is 1.30 bits per heavy atom. The minimum atomic E-state index is 0.207. The number of nitrogens with zero attached hydrogens (tertiary/aromatic N) is 3. The quantitative estimate of drug-likeness (QED) is 0.872. The predicted molar refractivity (Wildman–Crippen MR) is 79.3 cm³/mol. The number of nitrogens with one attached hydrogen (secondary N) is 1. The van der Waals surface area contributed by atoms with Gasteiger partial charge >= 0.3 is 0 Å². The van der Waals surface area contributed by atoms with Gasteiger partial charge in [0.15, 0.2) is 0 Å². The van der Waals surface area contributed by atoms with Gasteiger partial charge in [0, 0.05) is 13.1 Å². The summed E-state index contributed by atoms with van der Waals surface area (Å²) in [5, 5.41) is 11.9. The lowest BCUT2D eigenvalue weighted by Gasteiger charge is -2.23. The summed E-state index contributed by atoms with van der Waals surface area (Å²) < 4.78 is 1.99. The maximum absolute atomic E-state index is 4.21. The summed E-state index contributed by atoms with van der Waals surface area (Å²) in [5.41, 5.74) is 2.95. The Kier molecular flexibility index (Phi) is 3.83. The van der Waals surface area contributed by atoms with E-state index in [2.05, 4.69) is 46.7 Å². The first-order chi connectivity index (χ1) is 9.75. The molecule has 0 bridgehead atoms. The molecule has 3 rings (SSSR count). The first-order valence-electron chi connectivity index (χ1n) is 7.43. The van der Waals surface area contributed by atoms with Crippen LogP contribution in [0.1, 0.15) is 55.2 Å². The third kappa shape index (κ3) is 2.61. The predicted octanol–water partition coefficient (Wildman–Crippen LogP) is 2.93. The zero-order valence-electron chi connectivity index (χ0n) is 12.2. The number of aryl methyl sites for hydroxylation is 2. The molecule has 1 aliphatic carbocycles. The van der Waals surface area contributed by atoms with Crippen molar-refractivity contribution < 1.29 is 0 Å². The highest BCUT2D eigenvalue weighted by atomic mass is 15.3. The van der Waals surface area contributed by atoms with Gasteiger partial charge in [-0.3, -0.25) is 0 Å². The lowest BCUT2D eigenvalue weighted by molar-refractivity contribution is 0.419. The highest BCUT2D eigenvalue weighted by Crippen LogP contribution is 2.30. The van der Waals surface area contributed by atoms with E-state index in [0.717, 1.165) is 5.82 Å². The molecule has 0 aliphatic heterocycles. The normalized spacial score (nSPS) is 20.2. The van der Waals surface area contributed by atoms with E-state index in [-0.39, 0.29) is 6.04 Å². The second-order valence-electron chi connectivity index (χ2n) is 5.69. The van der Waals surface area contributed by atoms with Crippen molar-refractivity contribution in [3.63, 3.8) is 0 Å². The Hall–Kier alpha value is -1.68. The molecular weight excluding hydrogens is 248 g/mol. The van der Waals surface area contributed by atoms with E-state index < -0.39 is 0 Å². The van der Waals surface area contributed by atoms with Crippen LogP contribution in [0, 0.1) is 0 Å². The summed E-state index contributed by atoms with van der Waals surface area (Å²) >= 11 is 0. The lowest BCUT2D eigenvalue weighted by atomic mass is 9.98. The topological polar surface area (TPSA) is 42.7 Å². The smallest absolute Gasteiger partial charge is 0.149 e. The molecule has 2 aromatic rings. The molecule has 1 heterocycles. The van der Waals surface area contributed by atoms with E-state index in [4.69, 9.17) is 0 Å². The molecular formula is C16H22N4. The van der Waals surface area contributed by atoms with Crippen LogP contribution >= 0.6 is 0 Å². The summed E-state index contributed by atoms with van der Waals surface area (Å²) in [7, 11) is 1.99. The second-order valence-corrected chi connectivity index (χ2v) is 5.69. The van der Waals surface area contributed by atoms with Crippen LogP contribution in [0.25, 0.3) is 0 Å². The fraction of sp³-hybridized carbons (Fsp3) is 0.500. The Bertz CT molecular complexity index is 575. The van der Waals surface area contributed by atoms with Crippen molar-refractivity contribution in [2.24, 2.45) is 7.05 Å². The average molecular weight is 270 g/mol. The summed E-state index contributed by atoms with van der Waals surface area (Å²) in [6.07, 6.45) is 6.71. The van der Waals surface area contributed by atoms with Gasteiger partial charge in [0.2, 0.25) is 0 Å². The number of hydrogen-bond acceptors (Lipinski definition) is 3. The molecule has 2 unspecified atom stereocenters. The van der Waals surface area contributed by atoms with Crippen molar-refractivity contribution in [1.82, 2.24) is 20.1 Å². The molecule has 106 valence electrons. The Morgan fingerprint density at radius 3 is 2.95 bits per heavy atom. The van der Waals surface area contributed by atoms with Crippen molar-refractivity contribution in [2.75, 3.05) is 0 Å². The molecule has 2 atom stereocenters. The van der Waals surface area contributed by atoms with E-state index in [9.17, 15) is 0 Å². The molecule has 1 aliphatic rings. The summed E-state index contributed by atoms with van der Waals surface area (Å²) in [4.78, 5) is 0. The maximum Gasteiger partial charge on any atom is 0.149 e. The van der Waals surface area contributed by atoms with Crippen molar-refractivity contribution in [2.45, 2.75) is 44.7 Å². The van der Waals surface area contributed by atoms with Gasteiger partial charge in [-0.1, -0.05) is 30.7 Å². The molecule has 1 N–H and O–H groups in total. The maximum atomic E-state index is 4.21. The standard InChI is InChI=1S/C16H22N4/c1-12(16-19-17-11-20(16)2)18-15-10-6-4-8-13-7-3-5-9-14(13)15/h3,5,7,9,11-12,15,18H,4,6,8,10H2,1-2H3. The molecule has 0 saturated heterocycles. The average Bonchev–Trinajstić information content (AvgIpc) is 2.78. The van der Waals surface area contributed by atoms with E-state index in [1.54, 1.807) is 6.33 Å². The summed E-state index contributed by atoms with van der Waals surface area (Å²) in [6, 6.07) is 9.45. The molecule has 4 heteroatoms. The number of aromatic nitrogens is 3. The van der Waals surface area contributed by atoms with Crippen LogP contribution in [0.5, 0.6) is 0 Å². The van der Waals surface area contributed by atoms with Crippen LogP contribution in [0.4, 0.5) is 0 Å². The van der Waals surface area contributed by atoms with Gasteiger partial charge in [0.05, 0.1) is 6.04 Å². The number of benzene rings is 1. The van der Waals surface area contributed by atoms with Crippen LogP contribution in [0.15, 0.2) is 30.6 Å². The molecule has 0 spiro atoms. The molecule has 20 heavy (non-hydrogen) atoms. The number of fused-ring (bicyclic) bond motifs is 1. The van der Waals surface area contributed by atoms with E-state index in [0.29, 0.717) is 6.04 Å². The number of rotatable bonds is 3. The fourth-order valence-electron chi connectivity index (χ4n) is 3.15. The molecule has 0 radical (unpaired) electrons. The first-order valence-corrected chi connectivity index (χ1v) is 7.43. The van der Waals surface area contributed by atoms with Crippen LogP contribution < -0.4 is 5.32 Å². The zero-order chi connectivity index (χ0) is 13.9. The van der Waals surface area contributed by atoms with Gasteiger partial charge in [0.1, 0.15) is 12.2 Å². The Labute approximate surface area is 120 Å². The third-order valence-electron chi connectivity index (χ3n) is 4.20. The first kappa shape index (κ1) is 13.3. The van der Waals surface area contributed by atoms with Crippen molar-refractivity contribution in [1.29, 1.82) is 0 Å². The second kappa shape index (κ2) is 5.75. The highest BCUT2D eigenvalue weighted by Gasteiger charge is 2.21. The summed E-state index contributed by atoms with van der Waals surface area (Å²) in [5.74, 6) is 0.992. The lowest BCUT2D eigenvalue weighted by Crippen LogP contribution is -2.26. The van der Waals surface area contributed by atoms with Gasteiger partial charge in [-0.25, -0.2) is 0 Å². The zero-order valence-corrected chi connectivity index (χ0v) is 12.2. The van der Waals surface area contributed by atoms with Crippen LogP contribution in [-0.4, -0.2) is 14.8 Å². The van der Waals surface area contributed by atoms with Crippen LogP contribution in [-0.2, 0) is 13.5 Å². The van der Waals surface area contributed by atoms with Crippen molar-refractivity contribution in [3.05, 3.63) is 47.5 Å². The van der Waals surface area contributed by atoms with Crippen LogP contribution in [0.3, 0.4) is 0 Å². The van der Waals surface area contributed by atoms with E-state index in [1.807, 2.05) is 11.6 Å². The minimum absolute atomic E-state index is 0.207. The highest BCUT2D eigenvalue weighted by molar-refractivity contribution is 5.31. The molecule has 0 fully saturated rings. The molecule has 1 aromatic carbocycles. The minimum Gasteiger partial charge on any atom is -0.319 e. The largest absolute Gasteiger partial charge is 0.319 e. The van der Waals surface area contributed by atoms with E-state index in [1.165, 1.54) is 36.8 Å². The van der Waals surface area contributed by atoms with E-state index >= 15 is 0 Å². The summed E-state index contributed by atoms with van der Waals surface area (Å²) in [6.45, 7) is 2.16. The number of hydrogen-bond donors (Lipinski definition) is 1. The van der Waals surface area contributed by atoms with Gasteiger partial charge in [-0.05, 0) is 37.3 Å². The van der Waals surface area contributed by atoms with Crippen molar-refractivity contribution in [3.8, 4) is 0 Å². The molecule has 0 amide bonds. The Morgan fingerprint density at radius 2 is 2.15 bits per heavy atom. The fourth-order valence-corrected chi connectivity index (χ4v) is 3.15. The SMILES string of the molecule is CC(NC1CCCCc2ccccc21)c1nncn1C. The Balaban J connectivity index is 1.82. The van der Waals surface area contributed by atoms with Gasteiger partial charge in [-0.15, -0.1) is 10.2 Å². The van der Waals surface area contributed by atoms with Gasteiger partial charge in [0.25, 0.3) is 0 Å². The molecule has 4 nitrogen and oxygen atoms in total. The van der Waals surface area contributed by atoms with Crippen molar-refractivity contribution >= 4 is 0 Å². The van der Waals surface area contributed by atoms with Crippen LogP contribution in [0.2, 0.25) is 0 Å².